The van der Waals surface area contributed by atoms with E-state index >= 15 is 0 Å². The van der Waals surface area contributed by atoms with Crippen LogP contribution in [0.2, 0.25) is 0 Å². The predicted molar refractivity (Wildman–Crippen MR) is 68.1 cm³/mol. The highest BCUT2D eigenvalue weighted by atomic mass is 16.4. The van der Waals surface area contributed by atoms with Gasteiger partial charge in [0.2, 0.25) is 5.91 Å². The topological polar surface area (TPSA) is 57.6 Å². The van der Waals surface area contributed by atoms with Gasteiger partial charge in [-0.1, -0.05) is 20.3 Å². The zero-order valence-electron chi connectivity index (χ0n) is 11.3. The Morgan fingerprint density at radius 3 is 2.56 bits per heavy atom. The molecule has 4 heteroatoms. The SMILES string of the molecule is CC1(C)CCCC(C(=O)N2CCC[C@@H]2C(=O)O)C1. The lowest BCUT2D eigenvalue weighted by molar-refractivity contribution is -0.150. The number of hydrogen-bond acceptors (Lipinski definition) is 2. The first kappa shape index (κ1) is 13.4. The number of carboxylic acid groups (broad SMARTS) is 1. The van der Waals surface area contributed by atoms with E-state index in [0.717, 1.165) is 25.7 Å². The standard InChI is InChI=1S/C14H23NO3/c1-14(2)7-3-5-10(9-14)12(16)15-8-4-6-11(15)13(17)18/h10-11H,3-9H2,1-2H3,(H,17,18)/t10?,11-/m1/s1. The number of carbonyl (C=O) groups excluding carboxylic acids is 1. The van der Waals surface area contributed by atoms with Crippen LogP contribution < -0.4 is 0 Å². The Morgan fingerprint density at radius 1 is 1.22 bits per heavy atom. The van der Waals surface area contributed by atoms with E-state index in [1.807, 2.05) is 0 Å². The van der Waals surface area contributed by atoms with Gasteiger partial charge in [0, 0.05) is 12.5 Å². The highest BCUT2D eigenvalue weighted by Gasteiger charge is 2.39. The van der Waals surface area contributed by atoms with Crippen molar-refractivity contribution >= 4 is 11.9 Å². The van der Waals surface area contributed by atoms with Gasteiger partial charge in [-0.05, 0) is 37.5 Å². The highest BCUT2D eigenvalue weighted by molar-refractivity contribution is 5.85. The molecule has 1 aliphatic carbocycles. The number of nitrogens with zero attached hydrogens (tertiary/aromatic N) is 1. The van der Waals surface area contributed by atoms with Crippen LogP contribution in [0.25, 0.3) is 0 Å². The largest absolute Gasteiger partial charge is 0.480 e. The van der Waals surface area contributed by atoms with Gasteiger partial charge in [0.25, 0.3) is 0 Å². The number of carboxylic acids is 1. The fourth-order valence-electron chi connectivity index (χ4n) is 3.43. The molecule has 1 saturated heterocycles. The molecular formula is C14H23NO3. The first-order chi connectivity index (χ1) is 8.41. The molecule has 1 saturated carbocycles. The molecule has 0 aromatic rings. The second kappa shape index (κ2) is 4.90. The van der Waals surface area contributed by atoms with Crippen molar-refractivity contribution in [2.24, 2.45) is 11.3 Å². The molecule has 1 aliphatic heterocycles. The van der Waals surface area contributed by atoms with E-state index in [1.54, 1.807) is 4.90 Å². The van der Waals surface area contributed by atoms with Gasteiger partial charge in [-0.15, -0.1) is 0 Å². The summed E-state index contributed by atoms with van der Waals surface area (Å²) in [5.74, 6) is -0.739. The fourth-order valence-corrected chi connectivity index (χ4v) is 3.43. The molecule has 18 heavy (non-hydrogen) atoms. The Morgan fingerprint density at radius 2 is 1.94 bits per heavy atom. The second-order valence-corrected chi connectivity index (χ2v) is 6.49. The molecule has 0 spiro atoms. The van der Waals surface area contributed by atoms with Gasteiger partial charge in [0.15, 0.2) is 0 Å². The molecule has 2 rings (SSSR count). The molecule has 0 radical (unpaired) electrons. The average molecular weight is 253 g/mol. The van der Waals surface area contributed by atoms with E-state index in [1.165, 1.54) is 6.42 Å². The second-order valence-electron chi connectivity index (χ2n) is 6.49. The minimum absolute atomic E-state index is 0.0358. The molecular weight excluding hydrogens is 230 g/mol. The number of rotatable bonds is 2. The molecule has 1 amide bonds. The van der Waals surface area contributed by atoms with Gasteiger partial charge in [0.1, 0.15) is 6.04 Å². The summed E-state index contributed by atoms with van der Waals surface area (Å²) in [6.07, 6.45) is 5.49. The van der Waals surface area contributed by atoms with E-state index in [4.69, 9.17) is 5.11 Å². The molecule has 0 aromatic carbocycles. The van der Waals surface area contributed by atoms with Crippen LogP contribution in [-0.4, -0.2) is 34.5 Å². The average Bonchev–Trinajstić information content (AvgIpc) is 2.75. The van der Waals surface area contributed by atoms with E-state index < -0.39 is 12.0 Å². The van der Waals surface area contributed by atoms with Gasteiger partial charge in [0.05, 0.1) is 0 Å². The molecule has 2 atom stereocenters. The summed E-state index contributed by atoms with van der Waals surface area (Å²) in [5.41, 5.74) is 0.219. The number of likely N-dealkylation sites (tertiary alicyclic amines) is 1. The zero-order chi connectivity index (χ0) is 13.3. The molecule has 2 aliphatic rings. The Labute approximate surface area is 108 Å². The van der Waals surface area contributed by atoms with Crippen molar-refractivity contribution in [1.82, 2.24) is 4.90 Å². The maximum atomic E-state index is 12.5. The van der Waals surface area contributed by atoms with Crippen molar-refractivity contribution in [3.63, 3.8) is 0 Å². The van der Waals surface area contributed by atoms with E-state index in [0.29, 0.717) is 13.0 Å². The summed E-state index contributed by atoms with van der Waals surface area (Å²) < 4.78 is 0. The van der Waals surface area contributed by atoms with Crippen LogP contribution in [0.15, 0.2) is 0 Å². The smallest absolute Gasteiger partial charge is 0.326 e. The van der Waals surface area contributed by atoms with E-state index in [2.05, 4.69) is 13.8 Å². The third kappa shape index (κ3) is 2.68. The number of amides is 1. The Bertz CT molecular complexity index is 351. The van der Waals surface area contributed by atoms with Gasteiger partial charge in [-0.2, -0.15) is 0 Å². The van der Waals surface area contributed by atoms with Gasteiger partial charge in [-0.25, -0.2) is 4.79 Å². The number of hydrogen-bond donors (Lipinski definition) is 1. The number of aliphatic carboxylic acids is 1. The highest BCUT2D eigenvalue weighted by Crippen LogP contribution is 2.39. The predicted octanol–water partition coefficient (Wildman–Crippen LogP) is 2.28. The van der Waals surface area contributed by atoms with Crippen LogP contribution in [0.5, 0.6) is 0 Å². The summed E-state index contributed by atoms with van der Waals surface area (Å²) in [7, 11) is 0. The fraction of sp³-hybridized carbons (Fsp3) is 0.857. The van der Waals surface area contributed by atoms with Crippen molar-refractivity contribution in [2.45, 2.75) is 58.4 Å². The Hall–Kier alpha value is -1.06. The van der Waals surface area contributed by atoms with Crippen LogP contribution >= 0.6 is 0 Å². The minimum atomic E-state index is -0.851. The van der Waals surface area contributed by atoms with Crippen molar-refractivity contribution in [3.8, 4) is 0 Å². The Kier molecular flexibility index (Phi) is 3.64. The number of carbonyl (C=O) groups is 2. The van der Waals surface area contributed by atoms with E-state index in [9.17, 15) is 9.59 Å². The van der Waals surface area contributed by atoms with Gasteiger partial charge < -0.3 is 10.0 Å². The maximum Gasteiger partial charge on any atom is 0.326 e. The lowest BCUT2D eigenvalue weighted by atomic mass is 9.72. The molecule has 4 nitrogen and oxygen atoms in total. The first-order valence-corrected chi connectivity index (χ1v) is 6.94. The summed E-state index contributed by atoms with van der Waals surface area (Å²) >= 11 is 0. The quantitative estimate of drug-likeness (QED) is 0.821. The van der Waals surface area contributed by atoms with Crippen LogP contribution in [0.3, 0.4) is 0 Å². The maximum absolute atomic E-state index is 12.5. The lowest BCUT2D eigenvalue weighted by Gasteiger charge is -2.36. The molecule has 1 unspecified atom stereocenters. The summed E-state index contributed by atoms with van der Waals surface area (Å²) in [4.78, 5) is 25.2. The first-order valence-electron chi connectivity index (χ1n) is 6.94. The van der Waals surface area contributed by atoms with Crippen LogP contribution in [0.1, 0.15) is 52.4 Å². The van der Waals surface area contributed by atoms with Crippen LogP contribution in [0, 0.1) is 11.3 Å². The zero-order valence-corrected chi connectivity index (χ0v) is 11.3. The van der Waals surface area contributed by atoms with Crippen molar-refractivity contribution < 1.29 is 14.7 Å². The van der Waals surface area contributed by atoms with Crippen molar-refractivity contribution in [1.29, 1.82) is 0 Å². The summed E-state index contributed by atoms with van der Waals surface area (Å²) in [5, 5.41) is 9.14. The lowest BCUT2D eigenvalue weighted by Crippen LogP contribution is -2.45. The van der Waals surface area contributed by atoms with E-state index in [-0.39, 0.29) is 17.2 Å². The van der Waals surface area contributed by atoms with Crippen molar-refractivity contribution in [2.75, 3.05) is 6.54 Å². The Balaban J connectivity index is 2.04. The molecule has 1 heterocycles. The third-order valence-electron chi connectivity index (χ3n) is 4.38. The van der Waals surface area contributed by atoms with Gasteiger partial charge >= 0.3 is 5.97 Å². The molecule has 1 N–H and O–H groups in total. The third-order valence-corrected chi connectivity index (χ3v) is 4.38. The monoisotopic (exact) mass is 253 g/mol. The molecule has 102 valence electrons. The normalized spacial score (nSPS) is 31.3. The van der Waals surface area contributed by atoms with Crippen molar-refractivity contribution in [3.05, 3.63) is 0 Å². The van der Waals surface area contributed by atoms with Crippen LogP contribution in [-0.2, 0) is 9.59 Å². The molecule has 0 bridgehead atoms. The van der Waals surface area contributed by atoms with Crippen LogP contribution in [0.4, 0.5) is 0 Å². The summed E-state index contributed by atoms with van der Waals surface area (Å²) in [6.45, 7) is 5.02. The molecule has 2 fully saturated rings. The molecule has 0 aromatic heterocycles. The van der Waals surface area contributed by atoms with Gasteiger partial charge in [-0.3, -0.25) is 4.79 Å². The minimum Gasteiger partial charge on any atom is -0.480 e. The summed E-state index contributed by atoms with van der Waals surface area (Å²) in [6, 6.07) is -0.581.